The molecule has 0 bridgehead atoms. The monoisotopic (exact) mass is 473 g/mol. The summed E-state index contributed by atoms with van der Waals surface area (Å²) in [6.07, 6.45) is 2.88. The quantitative estimate of drug-likeness (QED) is 0.421. The lowest BCUT2D eigenvalue weighted by atomic mass is 9.79. The van der Waals surface area contributed by atoms with Crippen LogP contribution >= 0.6 is 0 Å². The Morgan fingerprint density at radius 2 is 1.97 bits per heavy atom. The molecule has 1 amide bonds. The molecular weight excluding hydrogens is 449 g/mol. The number of carbonyl (C=O) groups excluding carboxylic acids is 1. The summed E-state index contributed by atoms with van der Waals surface area (Å²) >= 11 is 0. The Kier molecular flexibility index (Phi) is 6.09. The molecule has 9 nitrogen and oxygen atoms in total. The third kappa shape index (κ3) is 4.54. The van der Waals surface area contributed by atoms with Crippen molar-refractivity contribution in [2.75, 3.05) is 12.3 Å². The minimum atomic E-state index is -0.391. The third-order valence-electron chi connectivity index (χ3n) is 5.90. The predicted octanol–water partition coefficient (Wildman–Crippen LogP) is 3.52. The zero-order chi connectivity index (χ0) is 24.4. The van der Waals surface area contributed by atoms with E-state index in [1.807, 2.05) is 6.92 Å². The summed E-state index contributed by atoms with van der Waals surface area (Å²) in [5, 5.41) is 11.7. The summed E-state index contributed by atoms with van der Waals surface area (Å²) in [7, 11) is 0. The van der Waals surface area contributed by atoms with Crippen LogP contribution in [0.25, 0.3) is 17.2 Å². The Hall–Kier alpha value is -4.34. The minimum Gasteiger partial charge on any atom is -0.492 e. The molecule has 0 saturated heterocycles. The van der Waals surface area contributed by atoms with Gasteiger partial charge in [0.25, 0.3) is 5.91 Å². The maximum Gasteiger partial charge on any atom is 0.270 e. The average molecular weight is 474 g/mol. The number of carbonyl (C=O) groups is 1. The van der Waals surface area contributed by atoms with Crippen molar-refractivity contribution in [1.82, 2.24) is 30.0 Å². The molecule has 1 fully saturated rings. The zero-order valence-electron chi connectivity index (χ0n) is 19.1. The third-order valence-corrected chi connectivity index (χ3v) is 5.90. The second kappa shape index (κ2) is 9.49. The van der Waals surface area contributed by atoms with Gasteiger partial charge in [0.1, 0.15) is 34.6 Å². The average Bonchev–Trinajstić information content (AvgIpc) is 3.26. The number of hydrogen-bond acceptors (Lipinski definition) is 7. The summed E-state index contributed by atoms with van der Waals surface area (Å²) in [6, 6.07) is 14.9. The van der Waals surface area contributed by atoms with E-state index >= 15 is 0 Å². The number of nitrogen functional groups attached to an aromatic ring is 1. The number of nitrogens with one attached hydrogen (secondary N) is 1. The van der Waals surface area contributed by atoms with E-state index in [4.69, 9.17) is 10.5 Å². The number of rotatable bonds is 7. The van der Waals surface area contributed by atoms with Gasteiger partial charge in [-0.2, -0.15) is 0 Å². The van der Waals surface area contributed by atoms with E-state index in [2.05, 4.69) is 25.5 Å². The lowest BCUT2D eigenvalue weighted by molar-refractivity contribution is 0.0902. The van der Waals surface area contributed by atoms with Crippen LogP contribution in [0.4, 0.5) is 10.2 Å². The highest BCUT2D eigenvalue weighted by molar-refractivity contribution is 5.92. The van der Waals surface area contributed by atoms with Crippen LogP contribution in [0, 0.1) is 5.82 Å². The highest BCUT2D eigenvalue weighted by atomic mass is 19.1. The van der Waals surface area contributed by atoms with Crippen LogP contribution in [0.1, 0.15) is 42.0 Å². The molecule has 0 spiro atoms. The fourth-order valence-electron chi connectivity index (χ4n) is 4.15. The number of nitrogens with zero attached hydrogens (tertiary/aromatic N) is 5. The van der Waals surface area contributed by atoms with Crippen molar-refractivity contribution in [2.24, 2.45) is 0 Å². The molecule has 1 aliphatic rings. The van der Waals surface area contributed by atoms with E-state index in [9.17, 15) is 9.18 Å². The Balaban J connectivity index is 1.40. The number of pyridine rings is 2. The fourth-order valence-corrected chi connectivity index (χ4v) is 4.15. The number of para-hydroxylation sites is 1. The topological polar surface area (TPSA) is 121 Å². The molecule has 0 aliphatic heterocycles. The van der Waals surface area contributed by atoms with Gasteiger partial charge in [-0.15, -0.1) is 10.2 Å². The fraction of sp³-hybridized carbons (Fsp3) is 0.240. The molecule has 178 valence electrons. The second-order valence-corrected chi connectivity index (χ2v) is 8.27. The van der Waals surface area contributed by atoms with Crippen molar-refractivity contribution >= 4 is 11.7 Å². The van der Waals surface area contributed by atoms with Crippen molar-refractivity contribution < 1.29 is 13.9 Å². The minimum absolute atomic E-state index is 0.0161. The molecule has 3 aromatic heterocycles. The van der Waals surface area contributed by atoms with Gasteiger partial charge >= 0.3 is 0 Å². The van der Waals surface area contributed by atoms with Crippen molar-refractivity contribution in [2.45, 2.75) is 31.7 Å². The molecular formula is C25H24FN7O2. The second-order valence-electron chi connectivity index (χ2n) is 8.27. The molecule has 5 rings (SSSR count). The molecule has 10 heteroatoms. The van der Waals surface area contributed by atoms with Gasteiger partial charge in [-0.25, -0.2) is 14.4 Å². The SMILES string of the molecule is CCOc1ccc(-c2nnc(C3CC(NC(=O)c4cccc(N)n4)C3)n2-c2ccccc2F)nc1. The lowest BCUT2D eigenvalue weighted by Crippen LogP contribution is -2.44. The number of nitrogens with two attached hydrogens (primary N) is 1. The summed E-state index contributed by atoms with van der Waals surface area (Å²) in [5.41, 5.74) is 6.84. The molecule has 0 unspecified atom stereocenters. The van der Waals surface area contributed by atoms with Crippen molar-refractivity contribution in [3.63, 3.8) is 0 Å². The van der Waals surface area contributed by atoms with E-state index in [0.29, 0.717) is 48.2 Å². The van der Waals surface area contributed by atoms with Crippen molar-refractivity contribution in [3.8, 4) is 23.0 Å². The van der Waals surface area contributed by atoms with Crippen molar-refractivity contribution in [3.05, 3.63) is 78.1 Å². The molecule has 35 heavy (non-hydrogen) atoms. The first-order valence-electron chi connectivity index (χ1n) is 11.4. The maximum atomic E-state index is 14.9. The van der Waals surface area contributed by atoms with Gasteiger partial charge in [0.2, 0.25) is 0 Å². The molecule has 1 aliphatic carbocycles. The summed E-state index contributed by atoms with van der Waals surface area (Å²) in [4.78, 5) is 21.0. The Labute approximate surface area is 201 Å². The number of ether oxygens (including phenoxy) is 1. The number of benzene rings is 1. The molecule has 1 aromatic carbocycles. The van der Waals surface area contributed by atoms with E-state index < -0.39 is 5.82 Å². The van der Waals surface area contributed by atoms with Gasteiger partial charge in [-0.1, -0.05) is 18.2 Å². The first kappa shape index (κ1) is 22.5. The molecule has 0 radical (unpaired) electrons. The van der Waals surface area contributed by atoms with Crippen LogP contribution in [0.3, 0.4) is 0 Å². The molecule has 3 N–H and O–H groups in total. The van der Waals surface area contributed by atoms with Gasteiger partial charge in [-0.05, 0) is 56.2 Å². The Morgan fingerprint density at radius 3 is 2.69 bits per heavy atom. The number of aromatic nitrogens is 5. The molecule has 1 saturated carbocycles. The zero-order valence-corrected chi connectivity index (χ0v) is 19.1. The lowest BCUT2D eigenvalue weighted by Gasteiger charge is -2.35. The van der Waals surface area contributed by atoms with Crippen LogP contribution in [-0.2, 0) is 0 Å². The largest absolute Gasteiger partial charge is 0.492 e. The van der Waals surface area contributed by atoms with Crippen LogP contribution in [0.2, 0.25) is 0 Å². The number of hydrogen-bond donors (Lipinski definition) is 2. The normalized spacial score (nSPS) is 17.0. The summed E-state index contributed by atoms with van der Waals surface area (Å²) in [5.74, 6) is 1.29. The predicted molar refractivity (Wildman–Crippen MR) is 128 cm³/mol. The van der Waals surface area contributed by atoms with E-state index in [1.165, 1.54) is 6.07 Å². The van der Waals surface area contributed by atoms with E-state index in [-0.39, 0.29) is 29.4 Å². The first-order chi connectivity index (χ1) is 17.0. The maximum absolute atomic E-state index is 14.9. The van der Waals surface area contributed by atoms with E-state index in [0.717, 1.165) is 0 Å². The Morgan fingerprint density at radius 1 is 1.14 bits per heavy atom. The van der Waals surface area contributed by atoms with Gasteiger partial charge in [-0.3, -0.25) is 9.36 Å². The van der Waals surface area contributed by atoms with Crippen LogP contribution in [0.5, 0.6) is 5.75 Å². The highest BCUT2D eigenvalue weighted by Gasteiger charge is 2.36. The van der Waals surface area contributed by atoms with Crippen molar-refractivity contribution in [1.29, 1.82) is 0 Å². The highest BCUT2D eigenvalue weighted by Crippen LogP contribution is 2.39. The van der Waals surface area contributed by atoms with E-state index in [1.54, 1.807) is 59.3 Å². The van der Waals surface area contributed by atoms with Gasteiger partial charge in [0.15, 0.2) is 5.82 Å². The van der Waals surface area contributed by atoms with Crippen LogP contribution in [0.15, 0.2) is 60.8 Å². The van der Waals surface area contributed by atoms with Gasteiger partial charge in [0.05, 0.1) is 18.5 Å². The smallest absolute Gasteiger partial charge is 0.270 e. The molecule has 3 heterocycles. The standard InChI is InChI=1S/C25H24FN7O2/c1-2-35-17-10-11-19(28-14-17)24-32-31-23(33(24)21-8-4-3-6-18(21)26)15-12-16(13-15)29-25(34)20-7-5-9-22(27)30-20/h3-11,14-16H,2,12-13H2,1H3,(H2,27,30)(H,29,34). The number of halogens is 1. The van der Waals surface area contributed by atoms with Crippen LogP contribution in [-0.4, -0.2) is 43.3 Å². The van der Waals surface area contributed by atoms with Gasteiger partial charge in [0, 0.05) is 12.0 Å². The number of amides is 1. The van der Waals surface area contributed by atoms with Crippen LogP contribution < -0.4 is 15.8 Å². The molecule has 4 aromatic rings. The Bertz CT molecular complexity index is 1350. The number of anilines is 1. The first-order valence-corrected chi connectivity index (χ1v) is 11.4. The molecule has 0 atom stereocenters. The van der Waals surface area contributed by atoms with Gasteiger partial charge < -0.3 is 15.8 Å². The summed E-state index contributed by atoms with van der Waals surface area (Å²) in [6.45, 7) is 2.43. The summed E-state index contributed by atoms with van der Waals surface area (Å²) < 4.78 is 22.0.